The zero-order chi connectivity index (χ0) is 30.6. The van der Waals surface area contributed by atoms with E-state index in [4.69, 9.17) is 0 Å². The van der Waals surface area contributed by atoms with Crippen LogP contribution >= 0.6 is 23.1 Å². The van der Waals surface area contributed by atoms with Crippen LogP contribution in [0.25, 0.3) is 63.6 Å². The quantitative estimate of drug-likeness (QED) is 0.139. The van der Waals surface area contributed by atoms with E-state index in [2.05, 4.69) is 169 Å². The number of thiophene rings is 1. The first-order valence-corrected chi connectivity index (χ1v) is 17.6. The van der Waals surface area contributed by atoms with Crippen LogP contribution in [0, 0.1) is 0 Å². The number of benzene rings is 8. The molecule has 0 radical (unpaired) electrons. The van der Waals surface area contributed by atoms with Gasteiger partial charge in [-0.25, -0.2) is 0 Å². The molecule has 0 atom stereocenters. The van der Waals surface area contributed by atoms with Crippen molar-refractivity contribution < 1.29 is 0 Å². The molecule has 0 unspecified atom stereocenters. The molecule has 8 aromatic carbocycles. The molecule has 0 N–H and O–H groups in total. The van der Waals surface area contributed by atoms with Crippen molar-refractivity contribution in [2.45, 2.75) is 4.90 Å². The van der Waals surface area contributed by atoms with Crippen molar-refractivity contribution in [3.8, 4) is 11.1 Å². The predicted molar refractivity (Wildman–Crippen MR) is 204 cm³/mol. The van der Waals surface area contributed by atoms with E-state index in [0.29, 0.717) is 0 Å². The number of hydrogen-bond donors (Lipinski definition) is 0. The highest BCUT2D eigenvalue weighted by molar-refractivity contribution is 7.98. The largest absolute Gasteiger partial charge is 0.310 e. The van der Waals surface area contributed by atoms with Crippen molar-refractivity contribution in [2.75, 3.05) is 11.2 Å². The first-order valence-electron chi connectivity index (χ1n) is 15.5. The second kappa shape index (κ2) is 11.1. The van der Waals surface area contributed by atoms with Crippen LogP contribution in [0.2, 0.25) is 0 Å². The molecule has 1 heterocycles. The Balaban J connectivity index is 1.36. The van der Waals surface area contributed by atoms with E-state index in [-0.39, 0.29) is 0 Å². The summed E-state index contributed by atoms with van der Waals surface area (Å²) >= 11 is 3.67. The zero-order valence-electron chi connectivity index (χ0n) is 25.3. The van der Waals surface area contributed by atoms with Gasteiger partial charge in [0, 0.05) is 41.8 Å². The van der Waals surface area contributed by atoms with Crippen molar-refractivity contribution in [2.24, 2.45) is 0 Å². The van der Waals surface area contributed by atoms with E-state index in [1.54, 1.807) is 11.8 Å². The Morgan fingerprint density at radius 2 is 1.09 bits per heavy atom. The van der Waals surface area contributed by atoms with Crippen molar-refractivity contribution in [1.29, 1.82) is 0 Å². The van der Waals surface area contributed by atoms with Crippen molar-refractivity contribution in [1.82, 2.24) is 0 Å². The molecule has 218 valence electrons. The lowest BCUT2D eigenvalue weighted by atomic mass is 9.95. The number of rotatable bonds is 5. The number of anilines is 3. The van der Waals surface area contributed by atoms with Crippen LogP contribution in [-0.4, -0.2) is 6.26 Å². The number of nitrogens with zero attached hydrogens (tertiary/aromatic N) is 1. The third-order valence-corrected chi connectivity index (χ3v) is 11.0. The minimum Gasteiger partial charge on any atom is -0.310 e. The van der Waals surface area contributed by atoms with Crippen LogP contribution in [0.5, 0.6) is 0 Å². The van der Waals surface area contributed by atoms with Gasteiger partial charge in [-0.15, -0.1) is 23.1 Å². The van der Waals surface area contributed by atoms with Gasteiger partial charge in [-0.1, -0.05) is 121 Å². The maximum Gasteiger partial charge on any atom is 0.0546 e. The third-order valence-electron chi connectivity index (χ3n) is 9.13. The average molecular weight is 624 g/mol. The monoisotopic (exact) mass is 623 g/mol. The van der Waals surface area contributed by atoms with Gasteiger partial charge in [0.25, 0.3) is 0 Å². The molecular weight excluding hydrogens is 595 g/mol. The van der Waals surface area contributed by atoms with Crippen LogP contribution in [0.4, 0.5) is 17.1 Å². The molecule has 1 nitrogen and oxygen atoms in total. The van der Waals surface area contributed by atoms with Gasteiger partial charge in [0.05, 0.1) is 5.69 Å². The minimum atomic E-state index is 1.15. The molecule has 1 aromatic heterocycles. The summed E-state index contributed by atoms with van der Waals surface area (Å²) in [7, 11) is 0. The van der Waals surface area contributed by atoms with E-state index in [1.165, 1.54) is 74.2 Å². The minimum absolute atomic E-state index is 1.15. The van der Waals surface area contributed by atoms with Gasteiger partial charge in [0.2, 0.25) is 0 Å². The lowest BCUT2D eigenvalue weighted by Gasteiger charge is -2.28. The van der Waals surface area contributed by atoms with E-state index in [0.717, 1.165) is 11.4 Å². The number of fused-ring (bicyclic) bond motifs is 8. The van der Waals surface area contributed by atoms with Crippen molar-refractivity contribution in [3.63, 3.8) is 0 Å². The van der Waals surface area contributed by atoms with E-state index in [9.17, 15) is 0 Å². The molecule has 0 saturated carbocycles. The Morgan fingerprint density at radius 1 is 0.457 bits per heavy atom. The highest BCUT2D eigenvalue weighted by Gasteiger charge is 2.20. The van der Waals surface area contributed by atoms with Crippen LogP contribution in [0.1, 0.15) is 0 Å². The zero-order valence-corrected chi connectivity index (χ0v) is 26.9. The molecule has 0 amide bonds. The van der Waals surface area contributed by atoms with Crippen LogP contribution in [0.3, 0.4) is 0 Å². The SMILES string of the molecule is CSc1cc(N(c2ccc3c(c2)sc2ccccc23)c2cc3c4ccccc4ccc3c3ccccc23)ccc1-c1ccccc1. The molecule has 0 fully saturated rings. The topological polar surface area (TPSA) is 3.24 Å². The molecule has 0 spiro atoms. The van der Waals surface area contributed by atoms with Gasteiger partial charge in [-0.3, -0.25) is 0 Å². The van der Waals surface area contributed by atoms with E-state index in [1.807, 2.05) is 11.3 Å². The molecule has 9 rings (SSSR count). The first-order chi connectivity index (χ1) is 22.8. The number of hydrogen-bond acceptors (Lipinski definition) is 3. The summed E-state index contributed by atoms with van der Waals surface area (Å²) in [6.07, 6.45) is 2.18. The van der Waals surface area contributed by atoms with Crippen LogP contribution in [-0.2, 0) is 0 Å². The fraction of sp³-hybridized carbons (Fsp3) is 0.0233. The highest BCUT2D eigenvalue weighted by Crippen LogP contribution is 2.46. The van der Waals surface area contributed by atoms with Crippen molar-refractivity contribution >= 4 is 92.7 Å². The maximum absolute atomic E-state index is 2.47. The molecule has 9 aromatic rings. The Kier molecular flexibility index (Phi) is 6.55. The fourth-order valence-electron chi connectivity index (χ4n) is 6.98. The van der Waals surface area contributed by atoms with Gasteiger partial charge in [0.1, 0.15) is 0 Å². The normalized spacial score (nSPS) is 11.7. The molecule has 0 aliphatic carbocycles. The van der Waals surface area contributed by atoms with Crippen LogP contribution in [0.15, 0.2) is 163 Å². The fourth-order valence-corrected chi connectivity index (χ4v) is 8.77. The smallest absolute Gasteiger partial charge is 0.0546 e. The van der Waals surface area contributed by atoms with Gasteiger partial charge < -0.3 is 4.90 Å². The van der Waals surface area contributed by atoms with E-state index >= 15 is 0 Å². The standard InChI is InChI=1S/C43H29NS2/c1-45-42-25-30(20-23-33(42)28-11-3-2-4-12-28)44(31-21-24-38-37-17-9-10-18-41(37)46-43(38)26-31)40-27-39-32-14-6-5-13-29(32)19-22-35(39)34-15-7-8-16-36(34)40/h2-27H,1H3. The summed E-state index contributed by atoms with van der Waals surface area (Å²) < 4.78 is 2.62. The first kappa shape index (κ1) is 27.2. The predicted octanol–water partition coefficient (Wildman–Crippen LogP) is 13.4. The summed E-state index contributed by atoms with van der Waals surface area (Å²) in [5.74, 6) is 0. The third kappa shape index (κ3) is 4.39. The summed E-state index contributed by atoms with van der Waals surface area (Å²) in [5, 5.41) is 10.2. The Morgan fingerprint density at radius 3 is 1.93 bits per heavy atom. The summed E-state index contributed by atoms with van der Waals surface area (Å²) in [4.78, 5) is 3.73. The second-order valence-electron chi connectivity index (χ2n) is 11.7. The van der Waals surface area contributed by atoms with Gasteiger partial charge in [-0.05, 0) is 80.7 Å². The molecule has 46 heavy (non-hydrogen) atoms. The summed E-state index contributed by atoms with van der Waals surface area (Å²) in [5.41, 5.74) is 5.97. The van der Waals surface area contributed by atoms with Gasteiger partial charge >= 0.3 is 0 Å². The Labute approximate surface area is 276 Å². The molecular formula is C43H29NS2. The number of thioether (sulfide) groups is 1. The lowest BCUT2D eigenvalue weighted by Crippen LogP contribution is -2.11. The van der Waals surface area contributed by atoms with Gasteiger partial charge in [-0.2, -0.15) is 0 Å². The maximum atomic E-state index is 2.47. The second-order valence-corrected chi connectivity index (χ2v) is 13.6. The van der Waals surface area contributed by atoms with Crippen molar-refractivity contribution in [3.05, 3.63) is 158 Å². The molecule has 3 heteroatoms. The molecule has 0 bridgehead atoms. The average Bonchev–Trinajstić information content (AvgIpc) is 3.50. The lowest BCUT2D eigenvalue weighted by molar-refractivity contribution is 1.28. The Bertz CT molecular complexity index is 2580. The summed E-state index contributed by atoms with van der Waals surface area (Å²) in [6, 6.07) is 58.0. The summed E-state index contributed by atoms with van der Waals surface area (Å²) in [6.45, 7) is 0. The van der Waals surface area contributed by atoms with Crippen LogP contribution < -0.4 is 4.90 Å². The molecule has 0 aliphatic heterocycles. The molecule has 0 saturated heterocycles. The van der Waals surface area contributed by atoms with Gasteiger partial charge in [0.15, 0.2) is 0 Å². The molecule has 0 aliphatic rings. The Hall–Kier alpha value is -5.09. The highest BCUT2D eigenvalue weighted by atomic mass is 32.2. The van der Waals surface area contributed by atoms with E-state index < -0.39 is 0 Å².